The van der Waals surface area contributed by atoms with Crippen LogP contribution in [0.25, 0.3) is 10.2 Å². The highest BCUT2D eigenvalue weighted by atomic mass is 32.1. The van der Waals surface area contributed by atoms with Gasteiger partial charge >= 0.3 is 5.97 Å². The molecule has 0 aliphatic heterocycles. The van der Waals surface area contributed by atoms with E-state index in [4.69, 9.17) is 9.47 Å². The van der Waals surface area contributed by atoms with Crippen molar-refractivity contribution in [2.45, 2.75) is 6.61 Å². The lowest BCUT2D eigenvalue weighted by atomic mass is 10.3. The molecule has 0 aliphatic rings. The molecule has 6 heteroatoms. The predicted molar refractivity (Wildman–Crippen MR) is 81.3 cm³/mol. The monoisotopic (exact) mass is 317 g/mol. The Hall–Kier alpha value is -2.47. The molecule has 4 nitrogen and oxygen atoms in total. The van der Waals surface area contributed by atoms with E-state index >= 15 is 0 Å². The van der Waals surface area contributed by atoms with E-state index in [1.165, 1.54) is 35.6 Å². The van der Waals surface area contributed by atoms with Gasteiger partial charge in [0, 0.05) is 0 Å². The smallest absolute Gasteiger partial charge is 0.344 e. The first-order valence-corrected chi connectivity index (χ1v) is 7.41. The first-order chi connectivity index (χ1) is 10.7. The Morgan fingerprint density at radius 3 is 2.68 bits per heavy atom. The van der Waals surface area contributed by atoms with Crippen molar-refractivity contribution in [2.75, 3.05) is 6.61 Å². The lowest BCUT2D eigenvalue weighted by Gasteiger charge is -2.05. The second kappa shape index (κ2) is 6.53. The molecule has 0 amide bonds. The van der Waals surface area contributed by atoms with Crippen LogP contribution in [0.1, 0.15) is 5.01 Å². The summed E-state index contributed by atoms with van der Waals surface area (Å²) in [6, 6.07) is 13.2. The van der Waals surface area contributed by atoms with Gasteiger partial charge < -0.3 is 9.47 Å². The van der Waals surface area contributed by atoms with Crippen molar-refractivity contribution in [1.82, 2.24) is 4.98 Å². The maximum absolute atomic E-state index is 12.7. The molecule has 0 radical (unpaired) electrons. The first kappa shape index (κ1) is 14.5. The molecule has 0 N–H and O–H groups in total. The number of hydrogen-bond acceptors (Lipinski definition) is 5. The van der Waals surface area contributed by atoms with E-state index in [9.17, 15) is 9.18 Å². The summed E-state index contributed by atoms with van der Waals surface area (Å²) in [6.45, 7) is -0.110. The van der Waals surface area contributed by atoms with Gasteiger partial charge in [-0.1, -0.05) is 12.1 Å². The lowest BCUT2D eigenvalue weighted by Crippen LogP contribution is -2.14. The van der Waals surface area contributed by atoms with Crippen LogP contribution < -0.4 is 4.74 Å². The highest BCUT2D eigenvalue weighted by molar-refractivity contribution is 7.18. The van der Waals surface area contributed by atoms with Crippen LogP contribution in [0, 0.1) is 5.82 Å². The van der Waals surface area contributed by atoms with Gasteiger partial charge in [-0.25, -0.2) is 14.2 Å². The summed E-state index contributed by atoms with van der Waals surface area (Å²) in [5, 5.41) is 0.733. The number of para-hydroxylation sites is 1. The molecule has 0 bridgehead atoms. The number of halogens is 1. The van der Waals surface area contributed by atoms with Gasteiger partial charge in [0.05, 0.1) is 10.2 Å². The zero-order valence-corrected chi connectivity index (χ0v) is 12.3. The quantitative estimate of drug-likeness (QED) is 0.675. The first-order valence-electron chi connectivity index (χ1n) is 6.59. The number of esters is 1. The predicted octanol–water partition coefficient (Wildman–Crippen LogP) is 3.56. The Bertz CT molecular complexity index is 752. The van der Waals surface area contributed by atoms with Crippen LogP contribution in [0.5, 0.6) is 5.75 Å². The molecule has 0 fully saturated rings. The number of nitrogens with zero attached hydrogens (tertiary/aromatic N) is 1. The molecular formula is C16H12FNO3S. The van der Waals surface area contributed by atoms with Crippen LogP contribution in [-0.4, -0.2) is 17.6 Å². The second-order valence-electron chi connectivity index (χ2n) is 4.48. The third kappa shape index (κ3) is 3.59. The van der Waals surface area contributed by atoms with Crippen LogP contribution in [0.3, 0.4) is 0 Å². The van der Waals surface area contributed by atoms with Crippen molar-refractivity contribution in [3.8, 4) is 5.75 Å². The number of ether oxygens (including phenoxy) is 2. The van der Waals surface area contributed by atoms with Gasteiger partial charge in [-0.15, -0.1) is 11.3 Å². The van der Waals surface area contributed by atoms with Crippen molar-refractivity contribution in [2.24, 2.45) is 0 Å². The Morgan fingerprint density at radius 1 is 1.14 bits per heavy atom. The van der Waals surface area contributed by atoms with Crippen LogP contribution in [-0.2, 0) is 16.1 Å². The Balaban J connectivity index is 1.50. The molecule has 22 heavy (non-hydrogen) atoms. The summed E-state index contributed by atoms with van der Waals surface area (Å²) in [7, 11) is 0. The minimum atomic E-state index is -0.497. The van der Waals surface area contributed by atoms with Crippen molar-refractivity contribution >= 4 is 27.5 Å². The molecule has 2 aromatic carbocycles. The number of fused-ring (bicyclic) bond motifs is 1. The standard InChI is InChI=1S/C16H12FNO3S/c17-11-5-7-12(8-6-11)20-10-16(19)21-9-15-18-13-3-1-2-4-14(13)22-15/h1-8H,9-10H2. The molecular weight excluding hydrogens is 305 g/mol. The molecule has 0 saturated heterocycles. The number of benzene rings is 2. The molecule has 0 spiro atoms. The normalized spacial score (nSPS) is 10.6. The van der Waals surface area contributed by atoms with Gasteiger partial charge in [-0.3, -0.25) is 0 Å². The van der Waals surface area contributed by atoms with Crippen LogP contribution in [0.2, 0.25) is 0 Å². The summed E-state index contributed by atoms with van der Waals surface area (Å²) in [5.41, 5.74) is 0.890. The van der Waals surface area contributed by atoms with E-state index in [1.54, 1.807) is 0 Å². The van der Waals surface area contributed by atoms with Gasteiger partial charge in [0.2, 0.25) is 0 Å². The minimum Gasteiger partial charge on any atom is -0.482 e. The second-order valence-corrected chi connectivity index (χ2v) is 5.59. The van der Waals surface area contributed by atoms with Crippen LogP contribution in [0.15, 0.2) is 48.5 Å². The maximum atomic E-state index is 12.7. The average Bonchev–Trinajstić information content (AvgIpc) is 2.95. The largest absolute Gasteiger partial charge is 0.482 e. The molecule has 0 atom stereocenters. The molecule has 1 aromatic heterocycles. The highest BCUT2D eigenvalue weighted by Crippen LogP contribution is 2.22. The fraction of sp³-hybridized carbons (Fsp3) is 0.125. The van der Waals surface area contributed by atoms with Gasteiger partial charge in [0.25, 0.3) is 0 Å². The summed E-state index contributed by atoms with van der Waals surface area (Å²) in [4.78, 5) is 16.0. The molecule has 0 aliphatic carbocycles. The maximum Gasteiger partial charge on any atom is 0.344 e. The van der Waals surface area contributed by atoms with Gasteiger partial charge in [-0.2, -0.15) is 0 Å². The fourth-order valence-corrected chi connectivity index (χ4v) is 2.72. The van der Waals surface area contributed by atoms with Crippen molar-refractivity contribution in [3.05, 3.63) is 59.4 Å². The molecule has 3 aromatic rings. The van der Waals surface area contributed by atoms with Crippen molar-refractivity contribution in [3.63, 3.8) is 0 Å². The van der Waals surface area contributed by atoms with Crippen LogP contribution >= 0.6 is 11.3 Å². The summed E-state index contributed by atoms with van der Waals surface area (Å²) >= 11 is 1.48. The molecule has 3 rings (SSSR count). The van der Waals surface area contributed by atoms with Gasteiger partial charge in [-0.05, 0) is 36.4 Å². The Kier molecular flexibility index (Phi) is 4.29. The third-order valence-corrected chi connectivity index (χ3v) is 3.88. The van der Waals surface area contributed by atoms with E-state index in [2.05, 4.69) is 4.98 Å². The minimum absolute atomic E-state index is 0.116. The number of aromatic nitrogens is 1. The summed E-state index contributed by atoms with van der Waals surface area (Å²) in [6.07, 6.45) is 0. The van der Waals surface area contributed by atoms with Gasteiger partial charge in [0.15, 0.2) is 6.61 Å². The van der Waals surface area contributed by atoms with E-state index in [0.717, 1.165) is 15.2 Å². The summed E-state index contributed by atoms with van der Waals surface area (Å²) < 4.78 is 24.1. The Morgan fingerprint density at radius 2 is 1.91 bits per heavy atom. The van der Waals surface area contributed by atoms with E-state index in [1.807, 2.05) is 24.3 Å². The zero-order valence-electron chi connectivity index (χ0n) is 11.5. The van der Waals surface area contributed by atoms with E-state index in [0.29, 0.717) is 5.75 Å². The van der Waals surface area contributed by atoms with Gasteiger partial charge in [0.1, 0.15) is 23.2 Å². The third-order valence-electron chi connectivity index (χ3n) is 2.87. The topological polar surface area (TPSA) is 48.4 Å². The number of thiazole rings is 1. The molecule has 0 saturated carbocycles. The number of carbonyl (C=O) groups is 1. The highest BCUT2D eigenvalue weighted by Gasteiger charge is 2.08. The van der Waals surface area contributed by atoms with Crippen molar-refractivity contribution in [1.29, 1.82) is 0 Å². The Labute approximate surface area is 130 Å². The number of carbonyl (C=O) groups excluding carboxylic acids is 1. The van der Waals surface area contributed by atoms with Crippen molar-refractivity contribution < 1.29 is 18.7 Å². The zero-order chi connectivity index (χ0) is 15.4. The van der Waals surface area contributed by atoms with Crippen LogP contribution in [0.4, 0.5) is 4.39 Å². The lowest BCUT2D eigenvalue weighted by molar-refractivity contribution is -0.147. The molecule has 0 unspecified atom stereocenters. The average molecular weight is 317 g/mol. The number of hydrogen-bond donors (Lipinski definition) is 0. The van der Waals surface area contributed by atoms with E-state index < -0.39 is 5.97 Å². The number of rotatable bonds is 5. The molecule has 1 heterocycles. The van der Waals surface area contributed by atoms with E-state index in [-0.39, 0.29) is 19.0 Å². The fourth-order valence-electron chi connectivity index (χ4n) is 1.84. The molecule has 112 valence electrons. The SMILES string of the molecule is O=C(COc1ccc(F)cc1)OCc1nc2ccccc2s1. The summed E-state index contributed by atoms with van der Waals surface area (Å²) in [5.74, 6) is -0.437.